The highest BCUT2D eigenvalue weighted by atomic mass is 16.6. The Hall–Kier alpha value is -1.51. The van der Waals surface area contributed by atoms with Crippen molar-refractivity contribution in [1.29, 1.82) is 0 Å². The fraction of sp³-hybridized carbons (Fsp3) is 0.462. The summed E-state index contributed by atoms with van der Waals surface area (Å²) in [5.41, 5.74) is 2.57. The van der Waals surface area contributed by atoms with Gasteiger partial charge in [-0.2, -0.15) is 0 Å². The fourth-order valence-electron chi connectivity index (χ4n) is 2.63. The first-order chi connectivity index (χ1) is 7.88. The quantitative estimate of drug-likeness (QED) is 0.762. The molecule has 0 amide bonds. The average Bonchev–Trinajstić information content (AvgIpc) is 2.91. The second-order valence-corrected chi connectivity index (χ2v) is 4.41. The maximum atomic E-state index is 5.17. The number of hydrogen-bond donors (Lipinski definition) is 0. The normalized spacial score (nSPS) is 27.2. The van der Waals surface area contributed by atoms with Crippen LogP contribution in [0, 0.1) is 5.92 Å². The van der Waals surface area contributed by atoms with Crippen molar-refractivity contribution in [2.75, 3.05) is 13.7 Å². The van der Waals surface area contributed by atoms with E-state index in [1.54, 1.807) is 7.11 Å². The minimum Gasteiger partial charge on any atom is -0.497 e. The lowest BCUT2D eigenvalue weighted by Crippen LogP contribution is -2.10. The Morgan fingerprint density at radius 1 is 1.25 bits per heavy atom. The van der Waals surface area contributed by atoms with E-state index in [1.165, 1.54) is 24.1 Å². The Kier molecular flexibility index (Phi) is 2.31. The molecule has 0 unspecified atom stereocenters. The number of nitrogens with zero attached hydrogens (tertiary/aromatic N) is 1. The Labute approximate surface area is 95.1 Å². The molecular formula is C13H15NO2. The van der Waals surface area contributed by atoms with Gasteiger partial charge in [-0.25, -0.2) is 0 Å². The number of fused-ring (bicyclic) bond motifs is 1. The summed E-state index contributed by atoms with van der Waals surface area (Å²) in [5.74, 6) is 1.92. The summed E-state index contributed by atoms with van der Waals surface area (Å²) in [4.78, 5) is 5.17. The topological polar surface area (TPSA) is 30.8 Å². The van der Waals surface area contributed by atoms with Crippen LogP contribution >= 0.6 is 0 Å². The molecule has 16 heavy (non-hydrogen) atoms. The fourth-order valence-corrected chi connectivity index (χ4v) is 2.63. The smallest absolute Gasteiger partial charge is 0.125 e. The summed E-state index contributed by atoms with van der Waals surface area (Å²) in [7, 11) is 1.69. The van der Waals surface area contributed by atoms with Gasteiger partial charge >= 0.3 is 0 Å². The summed E-state index contributed by atoms with van der Waals surface area (Å²) in [6.45, 7) is 0.780. The number of benzene rings is 1. The van der Waals surface area contributed by atoms with E-state index in [9.17, 15) is 0 Å². The molecule has 2 aliphatic rings. The molecule has 3 rings (SSSR count). The molecule has 0 spiro atoms. The monoisotopic (exact) mass is 217 g/mol. The Morgan fingerprint density at radius 3 is 2.81 bits per heavy atom. The van der Waals surface area contributed by atoms with Crippen LogP contribution in [-0.2, 0) is 4.84 Å². The number of methoxy groups -OCH3 is 1. The molecule has 0 bridgehead atoms. The maximum absolute atomic E-state index is 5.17. The van der Waals surface area contributed by atoms with Crippen molar-refractivity contribution in [2.24, 2.45) is 11.1 Å². The zero-order chi connectivity index (χ0) is 11.0. The summed E-state index contributed by atoms with van der Waals surface area (Å²) >= 11 is 0. The van der Waals surface area contributed by atoms with Crippen molar-refractivity contribution >= 4 is 5.71 Å². The molecule has 1 fully saturated rings. The molecule has 1 aromatic carbocycles. The standard InChI is InChI=1S/C13H15NO2/c1-15-11-5-2-9(3-6-11)12-7-4-10-8-16-14-13(10)12/h2-3,5-6,10,12H,4,7-8H2,1H3/t10-,12+/m1/s1. The molecule has 2 atom stereocenters. The van der Waals surface area contributed by atoms with Gasteiger partial charge in [0.25, 0.3) is 0 Å². The minimum absolute atomic E-state index is 0.457. The third-order valence-electron chi connectivity index (χ3n) is 3.54. The van der Waals surface area contributed by atoms with Crippen molar-refractivity contribution in [3.05, 3.63) is 29.8 Å². The molecule has 1 heterocycles. The summed E-state index contributed by atoms with van der Waals surface area (Å²) in [5, 5.41) is 4.18. The Morgan fingerprint density at radius 2 is 2.06 bits per heavy atom. The SMILES string of the molecule is COc1ccc([C@@H]2CC[C@@H]3CON=C32)cc1. The van der Waals surface area contributed by atoms with Gasteiger partial charge in [0.1, 0.15) is 12.4 Å². The lowest BCUT2D eigenvalue weighted by Gasteiger charge is -2.10. The van der Waals surface area contributed by atoms with Gasteiger partial charge in [0.2, 0.25) is 0 Å². The maximum Gasteiger partial charge on any atom is 0.125 e. The van der Waals surface area contributed by atoms with Crippen molar-refractivity contribution in [1.82, 2.24) is 0 Å². The molecule has 0 radical (unpaired) electrons. The molecule has 84 valence electrons. The number of rotatable bonds is 2. The van der Waals surface area contributed by atoms with E-state index in [1.807, 2.05) is 12.1 Å². The van der Waals surface area contributed by atoms with Crippen LogP contribution in [0.4, 0.5) is 0 Å². The number of oxime groups is 1. The van der Waals surface area contributed by atoms with Gasteiger partial charge < -0.3 is 9.57 Å². The molecule has 3 heteroatoms. The van der Waals surface area contributed by atoms with E-state index >= 15 is 0 Å². The van der Waals surface area contributed by atoms with Gasteiger partial charge in [-0.1, -0.05) is 17.3 Å². The van der Waals surface area contributed by atoms with Crippen molar-refractivity contribution in [2.45, 2.75) is 18.8 Å². The predicted octanol–water partition coefficient (Wildman–Crippen LogP) is 2.58. The van der Waals surface area contributed by atoms with Crippen LogP contribution in [0.15, 0.2) is 29.4 Å². The van der Waals surface area contributed by atoms with Crippen LogP contribution in [0.1, 0.15) is 24.3 Å². The highest BCUT2D eigenvalue weighted by Crippen LogP contribution is 2.39. The van der Waals surface area contributed by atoms with Crippen LogP contribution in [-0.4, -0.2) is 19.4 Å². The van der Waals surface area contributed by atoms with Crippen molar-refractivity contribution < 1.29 is 9.57 Å². The Balaban J connectivity index is 1.86. The van der Waals surface area contributed by atoms with Gasteiger partial charge in [-0.05, 0) is 30.5 Å². The number of hydrogen-bond acceptors (Lipinski definition) is 3. The van der Waals surface area contributed by atoms with Gasteiger partial charge in [-0.3, -0.25) is 0 Å². The molecule has 3 nitrogen and oxygen atoms in total. The number of ether oxygens (including phenoxy) is 1. The lowest BCUT2D eigenvalue weighted by molar-refractivity contribution is 0.151. The molecule has 0 aromatic heterocycles. The van der Waals surface area contributed by atoms with Crippen LogP contribution in [0.3, 0.4) is 0 Å². The average molecular weight is 217 g/mol. The highest BCUT2D eigenvalue weighted by molar-refractivity contribution is 5.95. The van der Waals surface area contributed by atoms with E-state index in [0.29, 0.717) is 11.8 Å². The first-order valence-electron chi connectivity index (χ1n) is 5.72. The largest absolute Gasteiger partial charge is 0.497 e. The van der Waals surface area contributed by atoms with Gasteiger partial charge in [0.15, 0.2) is 0 Å². The van der Waals surface area contributed by atoms with Crippen LogP contribution in [0.25, 0.3) is 0 Å². The first-order valence-corrected chi connectivity index (χ1v) is 5.72. The van der Waals surface area contributed by atoms with Crippen LogP contribution in [0.5, 0.6) is 5.75 Å². The summed E-state index contributed by atoms with van der Waals surface area (Å²) in [6.07, 6.45) is 2.40. The van der Waals surface area contributed by atoms with Crippen LogP contribution in [0.2, 0.25) is 0 Å². The zero-order valence-electron chi connectivity index (χ0n) is 9.35. The van der Waals surface area contributed by atoms with E-state index in [0.717, 1.165) is 12.4 Å². The van der Waals surface area contributed by atoms with Crippen molar-refractivity contribution in [3.8, 4) is 5.75 Å². The van der Waals surface area contributed by atoms with Gasteiger partial charge in [-0.15, -0.1) is 0 Å². The molecular weight excluding hydrogens is 202 g/mol. The molecule has 1 saturated carbocycles. The van der Waals surface area contributed by atoms with E-state index in [2.05, 4.69) is 17.3 Å². The second-order valence-electron chi connectivity index (χ2n) is 4.41. The minimum atomic E-state index is 0.457. The summed E-state index contributed by atoms with van der Waals surface area (Å²) < 4.78 is 5.16. The lowest BCUT2D eigenvalue weighted by atomic mass is 9.95. The second kappa shape index (κ2) is 3.81. The van der Waals surface area contributed by atoms with E-state index in [-0.39, 0.29) is 0 Å². The zero-order valence-corrected chi connectivity index (χ0v) is 9.35. The third-order valence-corrected chi connectivity index (χ3v) is 3.54. The molecule has 0 N–H and O–H groups in total. The molecule has 0 saturated heterocycles. The van der Waals surface area contributed by atoms with E-state index in [4.69, 9.17) is 9.57 Å². The highest BCUT2D eigenvalue weighted by Gasteiger charge is 2.37. The molecule has 1 aromatic rings. The summed E-state index contributed by atoms with van der Waals surface area (Å²) in [6, 6.07) is 8.29. The van der Waals surface area contributed by atoms with Crippen molar-refractivity contribution in [3.63, 3.8) is 0 Å². The van der Waals surface area contributed by atoms with Gasteiger partial charge in [0, 0.05) is 11.8 Å². The Bertz CT molecular complexity index is 410. The third kappa shape index (κ3) is 1.47. The van der Waals surface area contributed by atoms with Gasteiger partial charge in [0.05, 0.1) is 12.8 Å². The van der Waals surface area contributed by atoms with E-state index < -0.39 is 0 Å². The first kappa shape index (κ1) is 9.70. The predicted molar refractivity (Wildman–Crippen MR) is 61.8 cm³/mol. The van der Waals surface area contributed by atoms with Crippen LogP contribution < -0.4 is 4.74 Å². The molecule has 1 aliphatic carbocycles. The molecule has 1 aliphatic heterocycles.